The number of amides is 1. The maximum Gasteiger partial charge on any atom is 0.227 e. The van der Waals surface area contributed by atoms with Crippen LogP contribution in [0.2, 0.25) is 0 Å². The van der Waals surface area contributed by atoms with Crippen LogP contribution >= 0.6 is 15.9 Å². The highest BCUT2D eigenvalue weighted by Gasteiger charge is 2.24. The van der Waals surface area contributed by atoms with Crippen LogP contribution in [0.15, 0.2) is 22.7 Å². The molecule has 0 bridgehead atoms. The third kappa shape index (κ3) is 3.78. The number of carbonyl (C=O) groups is 1. The molecule has 0 saturated heterocycles. The Morgan fingerprint density at radius 2 is 2.11 bits per heavy atom. The topological polar surface area (TPSA) is 46.3 Å². The number of anilines is 1. The molecule has 18 heavy (non-hydrogen) atoms. The van der Waals surface area contributed by atoms with Crippen molar-refractivity contribution in [2.24, 2.45) is 11.1 Å². The summed E-state index contributed by atoms with van der Waals surface area (Å²) >= 11 is 3.26. The second-order valence-electron chi connectivity index (χ2n) is 5.09. The highest BCUT2D eigenvalue weighted by atomic mass is 79.9. The normalized spacial score (nSPS) is 11.4. The summed E-state index contributed by atoms with van der Waals surface area (Å²) in [6.45, 7) is 4.24. The lowest BCUT2D eigenvalue weighted by Crippen LogP contribution is -2.34. The SMILES string of the molecule is CN(C(=O)CC(C)(C)CN)c1cc(Br)ccc1F. The molecule has 0 aliphatic carbocycles. The monoisotopic (exact) mass is 316 g/mol. The fourth-order valence-corrected chi connectivity index (χ4v) is 1.83. The fraction of sp³-hybridized carbons (Fsp3) is 0.462. The molecule has 0 saturated carbocycles. The van der Waals surface area contributed by atoms with Crippen LogP contribution in [0, 0.1) is 11.2 Å². The molecule has 0 aliphatic rings. The third-order valence-corrected chi connectivity index (χ3v) is 3.32. The van der Waals surface area contributed by atoms with Gasteiger partial charge in [0, 0.05) is 17.9 Å². The van der Waals surface area contributed by atoms with Crippen molar-refractivity contribution in [1.82, 2.24) is 0 Å². The van der Waals surface area contributed by atoms with Crippen LogP contribution in [0.4, 0.5) is 10.1 Å². The van der Waals surface area contributed by atoms with Gasteiger partial charge in [-0.3, -0.25) is 4.79 Å². The van der Waals surface area contributed by atoms with E-state index >= 15 is 0 Å². The molecular formula is C13H18BrFN2O. The van der Waals surface area contributed by atoms with Crippen LogP contribution < -0.4 is 10.6 Å². The zero-order chi connectivity index (χ0) is 13.9. The quantitative estimate of drug-likeness (QED) is 0.928. The van der Waals surface area contributed by atoms with Crippen molar-refractivity contribution in [2.75, 3.05) is 18.5 Å². The first-order valence-electron chi connectivity index (χ1n) is 5.68. The van der Waals surface area contributed by atoms with Gasteiger partial charge in [0.15, 0.2) is 0 Å². The van der Waals surface area contributed by atoms with E-state index < -0.39 is 5.82 Å². The second kappa shape index (κ2) is 5.80. The van der Waals surface area contributed by atoms with Crippen LogP contribution in [0.5, 0.6) is 0 Å². The van der Waals surface area contributed by atoms with E-state index in [1.807, 2.05) is 13.8 Å². The van der Waals surface area contributed by atoms with E-state index in [-0.39, 0.29) is 23.4 Å². The molecule has 1 aromatic rings. The zero-order valence-corrected chi connectivity index (χ0v) is 12.4. The first-order valence-corrected chi connectivity index (χ1v) is 6.48. The highest BCUT2D eigenvalue weighted by molar-refractivity contribution is 9.10. The lowest BCUT2D eigenvalue weighted by atomic mass is 9.89. The van der Waals surface area contributed by atoms with Gasteiger partial charge in [-0.1, -0.05) is 29.8 Å². The van der Waals surface area contributed by atoms with Gasteiger partial charge in [0.1, 0.15) is 5.82 Å². The predicted octanol–water partition coefficient (Wildman–Crippen LogP) is 2.93. The molecule has 2 N–H and O–H groups in total. The minimum absolute atomic E-state index is 0.151. The van der Waals surface area contributed by atoms with E-state index in [1.54, 1.807) is 19.2 Å². The fourth-order valence-electron chi connectivity index (χ4n) is 1.48. The number of carbonyl (C=O) groups excluding carboxylic acids is 1. The van der Waals surface area contributed by atoms with Gasteiger partial charge in [-0.2, -0.15) is 0 Å². The molecule has 1 aromatic carbocycles. The van der Waals surface area contributed by atoms with E-state index in [0.717, 1.165) is 4.47 Å². The van der Waals surface area contributed by atoms with Crippen molar-refractivity contribution in [3.05, 3.63) is 28.5 Å². The van der Waals surface area contributed by atoms with E-state index in [1.165, 1.54) is 11.0 Å². The Hall–Kier alpha value is -0.940. The van der Waals surface area contributed by atoms with Gasteiger partial charge < -0.3 is 10.6 Å². The number of hydrogen-bond donors (Lipinski definition) is 1. The van der Waals surface area contributed by atoms with Crippen LogP contribution in [0.3, 0.4) is 0 Å². The van der Waals surface area contributed by atoms with Gasteiger partial charge in [-0.25, -0.2) is 4.39 Å². The summed E-state index contributed by atoms with van der Waals surface area (Å²) in [4.78, 5) is 13.4. The van der Waals surface area contributed by atoms with E-state index in [0.29, 0.717) is 6.54 Å². The summed E-state index contributed by atoms with van der Waals surface area (Å²) in [5.41, 5.74) is 5.58. The average molecular weight is 317 g/mol. The van der Waals surface area contributed by atoms with Crippen LogP contribution in [0.1, 0.15) is 20.3 Å². The molecule has 5 heteroatoms. The molecule has 0 unspecified atom stereocenters. The Morgan fingerprint density at radius 1 is 1.50 bits per heavy atom. The van der Waals surface area contributed by atoms with Gasteiger partial charge in [-0.05, 0) is 30.2 Å². The Bertz CT molecular complexity index is 449. The number of halogens is 2. The van der Waals surface area contributed by atoms with Crippen molar-refractivity contribution in [2.45, 2.75) is 20.3 Å². The van der Waals surface area contributed by atoms with Gasteiger partial charge in [0.05, 0.1) is 5.69 Å². The lowest BCUT2D eigenvalue weighted by molar-refractivity contribution is -0.120. The summed E-state index contributed by atoms with van der Waals surface area (Å²) < 4.78 is 14.4. The minimum atomic E-state index is -0.417. The van der Waals surface area contributed by atoms with Crippen LogP contribution in [-0.4, -0.2) is 19.5 Å². The molecule has 0 fully saturated rings. The summed E-state index contributed by atoms with van der Waals surface area (Å²) in [5.74, 6) is -0.568. The molecule has 3 nitrogen and oxygen atoms in total. The van der Waals surface area contributed by atoms with Crippen molar-refractivity contribution < 1.29 is 9.18 Å². The summed E-state index contributed by atoms with van der Waals surface area (Å²) in [5, 5.41) is 0. The van der Waals surface area contributed by atoms with Gasteiger partial charge in [0.25, 0.3) is 0 Å². The van der Waals surface area contributed by atoms with E-state index in [9.17, 15) is 9.18 Å². The van der Waals surface area contributed by atoms with Crippen molar-refractivity contribution in [3.8, 4) is 0 Å². The van der Waals surface area contributed by atoms with Crippen LogP contribution in [-0.2, 0) is 4.79 Å². The number of nitrogens with zero attached hydrogens (tertiary/aromatic N) is 1. The Kier molecular flexibility index (Phi) is 4.87. The summed E-state index contributed by atoms with van der Waals surface area (Å²) in [6, 6.07) is 4.51. The third-order valence-electron chi connectivity index (χ3n) is 2.83. The van der Waals surface area contributed by atoms with Crippen LogP contribution in [0.25, 0.3) is 0 Å². The summed E-state index contributed by atoms with van der Waals surface area (Å²) in [7, 11) is 1.57. The molecular weight excluding hydrogens is 299 g/mol. The molecule has 1 rings (SSSR count). The molecule has 0 radical (unpaired) electrons. The first kappa shape index (κ1) is 15.1. The van der Waals surface area contributed by atoms with E-state index in [4.69, 9.17) is 5.73 Å². The Morgan fingerprint density at radius 3 is 2.67 bits per heavy atom. The van der Waals surface area contributed by atoms with Crippen molar-refractivity contribution in [1.29, 1.82) is 0 Å². The molecule has 0 heterocycles. The van der Waals surface area contributed by atoms with Gasteiger partial charge >= 0.3 is 0 Å². The standard InChI is InChI=1S/C13H18BrFN2O/c1-13(2,8-16)7-12(18)17(3)11-6-9(14)4-5-10(11)15/h4-6H,7-8,16H2,1-3H3. The molecule has 1 amide bonds. The highest BCUT2D eigenvalue weighted by Crippen LogP contribution is 2.26. The van der Waals surface area contributed by atoms with Crippen molar-refractivity contribution >= 4 is 27.5 Å². The first-order chi connectivity index (χ1) is 8.26. The Balaban J connectivity index is 2.90. The van der Waals surface area contributed by atoms with Gasteiger partial charge in [-0.15, -0.1) is 0 Å². The second-order valence-corrected chi connectivity index (χ2v) is 6.01. The molecule has 0 aromatic heterocycles. The predicted molar refractivity (Wildman–Crippen MR) is 75.0 cm³/mol. The molecule has 0 aliphatic heterocycles. The average Bonchev–Trinajstić information content (AvgIpc) is 2.31. The smallest absolute Gasteiger partial charge is 0.227 e. The number of rotatable bonds is 4. The molecule has 0 spiro atoms. The van der Waals surface area contributed by atoms with E-state index in [2.05, 4.69) is 15.9 Å². The maximum absolute atomic E-state index is 13.7. The molecule has 100 valence electrons. The minimum Gasteiger partial charge on any atom is -0.330 e. The number of hydrogen-bond acceptors (Lipinski definition) is 2. The molecule has 0 atom stereocenters. The summed E-state index contributed by atoms with van der Waals surface area (Å²) in [6.07, 6.45) is 0.284. The Labute approximate surface area is 115 Å². The van der Waals surface area contributed by atoms with Gasteiger partial charge in [0.2, 0.25) is 5.91 Å². The maximum atomic E-state index is 13.7. The number of nitrogens with two attached hydrogens (primary N) is 1. The number of benzene rings is 1. The van der Waals surface area contributed by atoms with Crippen molar-refractivity contribution in [3.63, 3.8) is 0 Å². The lowest BCUT2D eigenvalue weighted by Gasteiger charge is -2.25. The zero-order valence-electron chi connectivity index (χ0n) is 10.8. The largest absolute Gasteiger partial charge is 0.330 e.